The SMILES string of the molecule is N#C/C(=C/NC(c1ccccc1)c1ccccc1)C(=O)Nc1ccc(Cl)c(Cl)c1. The van der Waals surface area contributed by atoms with E-state index < -0.39 is 5.91 Å². The molecular weight excluding hydrogens is 405 g/mol. The molecule has 144 valence electrons. The number of nitriles is 1. The molecule has 0 fully saturated rings. The molecule has 0 bridgehead atoms. The Hall–Kier alpha value is -3.26. The van der Waals surface area contributed by atoms with Gasteiger partial charge in [0.15, 0.2) is 0 Å². The van der Waals surface area contributed by atoms with Crippen molar-refractivity contribution in [1.29, 1.82) is 5.26 Å². The molecule has 0 unspecified atom stereocenters. The van der Waals surface area contributed by atoms with Crippen LogP contribution in [-0.2, 0) is 4.79 Å². The fraction of sp³-hybridized carbons (Fsp3) is 0.0435. The molecule has 0 aliphatic carbocycles. The molecule has 1 amide bonds. The van der Waals surface area contributed by atoms with Crippen molar-refractivity contribution in [3.63, 3.8) is 0 Å². The topological polar surface area (TPSA) is 64.9 Å². The number of carbonyl (C=O) groups is 1. The fourth-order valence-electron chi connectivity index (χ4n) is 2.76. The van der Waals surface area contributed by atoms with Crippen LogP contribution in [0.1, 0.15) is 17.2 Å². The van der Waals surface area contributed by atoms with E-state index in [1.165, 1.54) is 12.3 Å². The number of amides is 1. The van der Waals surface area contributed by atoms with Gasteiger partial charge in [0.05, 0.1) is 16.1 Å². The maximum Gasteiger partial charge on any atom is 0.267 e. The molecule has 6 heteroatoms. The molecule has 2 N–H and O–H groups in total. The minimum Gasteiger partial charge on any atom is -0.379 e. The zero-order chi connectivity index (χ0) is 20.6. The van der Waals surface area contributed by atoms with Crippen LogP contribution in [-0.4, -0.2) is 5.91 Å². The molecule has 0 aliphatic rings. The van der Waals surface area contributed by atoms with Gasteiger partial charge in [-0.25, -0.2) is 0 Å². The zero-order valence-electron chi connectivity index (χ0n) is 15.3. The summed E-state index contributed by atoms with van der Waals surface area (Å²) in [5, 5.41) is 16.0. The van der Waals surface area contributed by atoms with Gasteiger partial charge in [0.2, 0.25) is 0 Å². The highest BCUT2D eigenvalue weighted by atomic mass is 35.5. The van der Waals surface area contributed by atoms with Crippen molar-refractivity contribution in [2.24, 2.45) is 0 Å². The Morgan fingerprint density at radius 3 is 2.00 bits per heavy atom. The third-order valence-electron chi connectivity index (χ3n) is 4.20. The molecule has 0 atom stereocenters. The minimum atomic E-state index is -0.543. The molecule has 0 spiro atoms. The molecule has 0 saturated heterocycles. The molecule has 0 aromatic heterocycles. The lowest BCUT2D eigenvalue weighted by Gasteiger charge is -2.19. The van der Waals surface area contributed by atoms with E-state index in [2.05, 4.69) is 10.6 Å². The van der Waals surface area contributed by atoms with E-state index in [4.69, 9.17) is 23.2 Å². The van der Waals surface area contributed by atoms with Gasteiger partial charge >= 0.3 is 0 Å². The summed E-state index contributed by atoms with van der Waals surface area (Å²) >= 11 is 11.9. The first-order valence-corrected chi connectivity index (χ1v) is 9.56. The van der Waals surface area contributed by atoms with Crippen LogP contribution in [0.5, 0.6) is 0 Å². The highest BCUT2D eigenvalue weighted by Crippen LogP contribution is 2.25. The van der Waals surface area contributed by atoms with Gasteiger partial charge in [0, 0.05) is 11.9 Å². The van der Waals surface area contributed by atoms with E-state index in [1.807, 2.05) is 66.7 Å². The highest BCUT2D eigenvalue weighted by Gasteiger charge is 2.15. The molecule has 0 heterocycles. The molecule has 0 saturated carbocycles. The highest BCUT2D eigenvalue weighted by molar-refractivity contribution is 6.42. The van der Waals surface area contributed by atoms with Crippen molar-refractivity contribution in [2.45, 2.75) is 6.04 Å². The van der Waals surface area contributed by atoms with E-state index in [-0.39, 0.29) is 11.6 Å². The second kappa shape index (κ2) is 9.79. The Morgan fingerprint density at radius 1 is 0.897 bits per heavy atom. The maximum absolute atomic E-state index is 12.5. The summed E-state index contributed by atoms with van der Waals surface area (Å²) in [4.78, 5) is 12.5. The average Bonchev–Trinajstić information content (AvgIpc) is 2.75. The van der Waals surface area contributed by atoms with Crippen LogP contribution in [0.25, 0.3) is 0 Å². The number of benzene rings is 3. The van der Waals surface area contributed by atoms with Crippen molar-refractivity contribution < 1.29 is 4.79 Å². The number of rotatable bonds is 6. The monoisotopic (exact) mass is 421 g/mol. The van der Waals surface area contributed by atoms with Crippen molar-refractivity contribution in [3.8, 4) is 6.07 Å². The summed E-state index contributed by atoms with van der Waals surface area (Å²) in [6.45, 7) is 0. The summed E-state index contributed by atoms with van der Waals surface area (Å²) in [5.74, 6) is -0.543. The Kier molecular flexibility index (Phi) is 6.91. The number of halogens is 2. The van der Waals surface area contributed by atoms with Crippen LogP contribution in [0.3, 0.4) is 0 Å². The number of hydrogen-bond acceptors (Lipinski definition) is 3. The first-order chi connectivity index (χ1) is 14.1. The zero-order valence-corrected chi connectivity index (χ0v) is 16.8. The standard InChI is InChI=1S/C23H17Cl2N3O/c24-20-12-11-19(13-21(20)25)28-23(29)18(14-26)15-27-22(16-7-3-1-4-8-16)17-9-5-2-6-10-17/h1-13,15,22,27H,(H,28,29)/b18-15-. The van der Waals surface area contributed by atoms with Crippen LogP contribution in [0.15, 0.2) is 90.6 Å². The van der Waals surface area contributed by atoms with Crippen LogP contribution in [0, 0.1) is 11.3 Å². The maximum atomic E-state index is 12.5. The number of carbonyl (C=O) groups excluding carboxylic acids is 1. The third kappa shape index (κ3) is 5.39. The van der Waals surface area contributed by atoms with Gasteiger partial charge in [0.1, 0.15) is 11.6 Å². The van der Waals surface area contributed by atoms with E-state index >= 15 is 0 Å². The van der Waals surface area contributed by atoms with Gasteiger partial charge in [-0.05, 0) is 29.3 Å². The molecule has 0 radical (unpaired) electrons. The summed E-state index contributed by atoms with van der Waals surface area (Å²) < 4.78 is 0. The number of nitrogens with one attached hydrogen (secondary N) is 2. The van der Waals surface area contributed by atoms with Crippen molar-refractivity contribution in [1.82, 2.24) is 5.32 Å². The van der Waals surface area contributed by atoms with Gasteiger partial charge in [-0.2, -0.15) is 5.26 Å². The second-order valence-corrected chi connectivity index (χ2v) is 6.99. The van der Waals surface area contributed by atoms with Crippen molar-refractivity contribution >= 4 is 34.8 Å². The molecule has 4 nitrogen and oxygen atoms in total. The lowest BCUT2D eigenvalue weighted by Crippen LogP contribution is -2.21. The predicted molar refractivity (Wildman–Crippen MR) is 117 cm³/mol. The molecule has 3 aromatic rings. The average molecular weight is 422 g/mol. The molecular formula is C23H17Cl2N3O. The molecule has 3 aromatic carbocycles. The van der Waals surface area contributed by atoms with Crippen LogP contribution in [0.2, 0.25) is 10.0 Å². The largest absolute Gasteiger partial charge is 0.379 e. The predicted octanol–water partition coefficient (Wildman–Crippen LogP) is 5.72. The normalized spacial score (nSPS) is 11.0. The molecule has 0 aliphatic heterocycles. The minimum absolute atomic E-state index is 0.0621. The fourth-order valence-corrected chi connectivity index (χ4v) is 3.06. The van der Waals surface area contributed by atoms with Crippen molar-refractivity contribution in [2.75, 3.05) is 5.32 Å². The van der Waals surface area contributed by atoms with E-state index in [1.54, 1.807) is 12.1 Å². The number of nitrogens with zero attached hydrogens (tertiary/aromatic N) is 1. The van der Waals surface area contributed by atoms with Crippen molar-refractivity contribution in [3.05, 3.63) is 112 Å². The first-order valence-electron chi connectivity index (χ1n) is 8.81. The molecule has 3 rings (SSSR count). The smallest absolute Gasteiger partial charge is 0.267 e. The Labute approximate surface area is 179 Å². The Balaban J connectivity index is 1.82. The third-order valence-corrected chi connectivity index (χ3v) is 4.94. The Bertz CT molecular complexity index is 1020. The van der Waals surface area contributed by atoms with Gasteiger partial charge < -0.3 is 10.6 Å². The van der Waals surface area contributed by atoms with Gasteiger partial charge in [0.25, 0.3) is 5.91 Å². The lowest BCUT2D eigenvalue weighted by atomic mass is 9.99. The quantitative estimate of drug-likeness (QED) is 0.395. The summed E-state index contributed by atoms with van der Waals surface area (Å²) in [7, 11) is 0. The van der Waals surface area contributed by atoms with Crippen LogP contribution < -0.4 is 10.6 Å². The number of hydrogen-bond donors (Lipinski definition) is 2. The summed E-state index contributed by atoms with van der Waals surface area (Å²) in [6, 6.07) is 26.0. The summed E-state index contributed by atoms with van der Waals surface area (Å²) in [5.41, 5.74) is 2.41. The van der Waals surface area contributed by atoms with Gasteiger partial charge in [-0.3, -0.25) is 4.79 Å². The number of anilines is 1. The summed E-state index contributed by atoms with van der Waals surface area (Å²) in [6.07, 6.45) is 1.43. The van der Waals surface area contributed by atoms with Gasteiger partial charge in [-0.1, -0.05) is 83.9 Å². The van der Waals surface area contributed by atoms with E-state index in [0.29, 0.717) is 15.7 Å². The van der Waals surface area contributed by atoms with E-state index in [0.717, 1.165) is 11.1 Å². The van der Waals surface area contributed by atoms with E-state index in [9.17, 15) is 10.1 Å². The first kappa shape index (κ1) is 20.5. The Morgan fingerprint density at radius 2 is 1.48 bits per heavy atom. The lowest BCUT2D eigenvalue weighted by molar-refractivity contribution is -0.112. The van der Waals surface area contributed by atoms with Gasteiger partial charge in [-0.15, -0.1) is 0 Å². The van der Waals surface area contributed by atoms with Crippen LogP contribution in [0.4, 0.5) is 5.69 Å². The van der Waals surface area contributed by atoms with Crippen LogP contribution >= 0.6 is 23.2 Å². The molecule has 29 heavy (non-hydrogen) atoms. The second-order valence-electron chi connectivity index (χ2n) is 6.17.